The smallest absolute Gasteiger partial charge is 0.283 e. The number of methoxy groups -OCH3 is 2. The number of halogens is 1. The maximum Gasteiger partial charge on any atom is 0.283 e. The third kappa shape index (κ3) is 5.40. The lowest BCUT2D eigenvalue weighted by molar-refractivity contribution is -0.113. The van der Waals surface area contributed by atoms with Crippen molar-refractivity contribution in [3.8, 4) is 17.2 Å². The molecule has 0 unspecified atom stereocenters. The number of carbonyl (C=O) groups excluding carboxylic acids is 1. The van der Waals surface area contributed by atoms with Crippen molar-refractivity contribution in [2.24, 2.45) is 4.99 Å². The molecule has 0 saturated heterocycles. The average Bonchev–Trinajstić information content (AvgIpc) is 3.09. The van der Waals surface area contributed by atoms with Crippen molar-refractivity contribution in [2.45, 2.75) is 26.7 Å². The zero-order valence-corrected chi connectivity index (χ0v) is 20.3. The first-order valence-corrected chi connectivity index (χ1v) is 11.8. The second-order valence-electron chi connectivity index (χ2n) is 6.93. The Kier molecular flexibility index (Phi) is 8.47. The third-order valence-corrected chi connectivity index (χ3v) is 6.06. The minimum absolute atomic E-state index is 0.210. The van der Waals surface area contributed by atoms with Gasteiger partial charge in [0.05, 0.1) is 31.5 Å². The van der Waals surface area contributed by atoms with E-state index in [1.807, 2.05) is 25.1 Å². The number of unbranched alkanes of at least 4 members (excludes halogenated alkanes) is 1. The van der Waals surface area contributed by atoms with Gasteiger partial charge in [-0.25, -0.2) is 4.99 Å². The third-order valence-electron chi connectivity index (χ3n) is 4.74. The molecule has 0 atom stereocenters. The Labute approximate surface area is 198 Å². The van der Waals surface area contributed by atoms with Crippen molar-refractivity contribution >= 4 is 46.2 Å². The van der Waals surface area contributed by atoms with Crippen LogP contribution in [0.4, 0.5) is 5.69 Å². The highest BCUT2D eigenvalue weighted by Crippen LogP contribution is 2.35. The first kappa shape index (κ1) is 24.0. The van der Waals surface area contributed by atoms with Crippen molar-refractivity contribution in [3.63, 3.8) is 0 Å². The van der Waals surface area contributed by atoms with E-state index in [9.17, 15) is 4.79 Å². The highest BCUT2D eigenvalue weighted by Gasteiger charge is 2.32. The van der Waals surface area contributed by atoms with Crippen LogP contribution in [0.15, 0.2) is 47.1 Å². The van der Waals surface area contributed by atoms with Crippen molar-refractivity contribution in [1.82, 2.24) is 0 Å². The molecular weight excluding hydrogens is 448 g/mol. The van der Waals surface area contributed by atoms with Gasteiger partial charge in [-0.15, -0.1) is 0 Å². The molecule has 0 saturated carbocycles. The number of hydrogen-bond donors (Lipinski definition) is 0. The Balaban J connectivity index is 1.96. The molecule has 0 radical (unpaired) electrons. The highest BCUT2D eigenvalue weighted by atomic mass is 35.5. The molecular formula is C24H27ClN2O4S. The number of amides is 1. The van der Waals surface area contributed by atoms with E-state index < -0.39 is 0 Å². The monoisotopic (exact) mass is 474 g/mol. The first-order chi connectivity index (χ1) is 15.5. The van der Waals surface area contributed by atoms with Crippen LogP contribution in [-0.4, -0.2) is 37.7 Å². The molecule has 0 N–H and O–H groups in total. The predicted octanol–water partition coefficient (Wildman–Crippen LogP) is 6.03. The van der Waals surface area contributed by atoms with E-state index in [1.54, 1.807) is 55.2 Å². The summed E-state index contributed by atoms with van der Waals surface area (Å²) in [6.07, 6.45) is 3.85. The van der Waals surface area contributed by atoms with Gasteiger partial charge in [0, 0.05) is 5.75 Å². The largest absolute Gasteiger partial charge is 0.495 e. The number of hydrogen-bond acceptors (Lipinski definition) is 6. The minimum atomic E-state index is -0.210. The molecule has 0 spiro atoms. The van der Waals surface area contributed by atoms with Gasteiger partial charge in [-0.1, -0.05) is 42.8 Å². The number of anilines is 1. The van der Waals surface area contributed by atoms with Gasteiger partial charge in [-0.3, -0.25) is 9.69 Å². The second kappa shape index (κ2) is 11.3. The van der Waals surface area contributed by atoms with Gasteiger partial charge in [0.25, 0.3) is 5.91 Å². The minimum Gasteiger partial charge on any atom is -0.495 e. The average molecular weight is 475 g/mol. The van der Waals surface area contributed by atoms with Crippen LogP contribution >= 0.6 is 23.4 Å². The zero-order chi connectivity index (χ0) is 23.1. The van der Waals surface area contributed by atoms with Crippen molar-refractivity contribution < 1.29 is 19.0 Å². The molecule has 8 heteroatoms. The topological polar surface area (TPSA) is 60.4 Å². The molecule has 1 aliphatic rings. The first-order valence-electron chi connectivity index (χ1n) is 10.4. The van der Waals surface area contributed by atoms with E-state index in [2.05, 4.69) is 11.9 Å². The Bertz CT molecular complexity index is 1040. The number of aliphatic imine (C=N–C) groups is 1. The fourth-order valence-electron chi connectivity index (χ4n) is 3.13. The normalized spacial score (nSPS) is 14.7. The molecule has 2 aromatic carbocycles. The van der Waals surface area contributed by atoms with E-state index in [4.69, 9.17) is 25.8 Å². The standard InChI is InChI=1S/C24H27ClN2O4S/c1-5-7-12-32-24-26-19(13-16-8-10-21(31-6-2)22(14-16)30-4)23(28)27(24)17-9-11-20(29-3)18(25)15-17/h8-11,13-15H,5-7,12H2,1-4H3/b19-13-. The summed E-state index contributed by atoms with van der Waals surface area (Å²) in [5.41, 5.74) is 1.79. The molecule has 1 heterocycles. The summed E-state index contributed by atoms with van der Waals surface area (Å²) in [4.78, 5) is 19.6. The number of carbonyl (C=O) groups is 1. The zero-order valence-electron chi connectivity index (χ0n) is 18.7. The van der Waals surface area contributed by atoms with Crippen molar-refractivity contribution in [1.29, 1.82) is 0 Å². The van der Waals surface area contributed by atoms with Gasteiger partial charge in [-0.05, 0) is 55.3 Å². The van der Waals surface area contributed by atoms with E-state index in [1.165, 1.54) is 0 Å². The summed E-state index contributed by atoms with van der Waals surface area (Å²) in [7, 11) is 3.15. The molecule has 3 rings (SSSR count). The van der Waals surface area contributed by atoms with Gasteiger partial charge in [0.2, 0.25) is 0 Å². The van der Waals surface area contributed by atoms with Gasteiger partial charge in [-0.2, -0.15) is 0 Å². The number of benzene rings is 2. The Morgan fingerprint density at radius 3 is 2.47 bits per heavy atom. The summed E-state index contributed by atoms with van der Waals surface area (Å²) < 4.78 is 16.2. The van der Waals surface area contributed by atoms with Crippen LogP contribution in [-0.2, 0) is 4.79 Å². The summed E-state index contributed by atoms with van der Waals surface area (Å²) in [5.74, 6) is 2.47. The Morgan fingerprint density at radius 2 is 1.81 bits per heavy atom. The van der Waals surface area contributed by atoms with Gasteiger partial charge >= 0.3 is 0 Å². The molecule has 170 valence electrons. The van der Waals surface area contributed by atoms with Crippen molar-refractivity contribution in [2.75, 3.05) is 31.5 Å². The fourth-order valence-corrected chi connectivity index (χ4v) is 4.48. The number of thioether (sulfide) groups is 1. The van der Waals surface area contributed by atoms with Gasteiger partial charge in [0.15, 0.2) is 16.7 Å². The number of nitrogens with zero attached hydrogens (tertiary/aromatic N) is 2. The molecule has 1 amide bonds. The lowest BCUT2D eigenvalue weighted by Gasteiger charge is -2.18. The second-order valence-corrected chi connectivity index (χ2v) is 8.40. The van der Waals surface area contributed by atoms with Crippen LogP contribution < -0.4 is 19.1 Å². The van der Waals surface area contributed by atoms with Crippen LogP contribution in [0.3, 0.4) is 0 Å². The van der Waals surface area contributed by atoms with Crippen LogP contribution in [0, 0.1) is 0 Å². The van der Waals surface area contributed by atoms with Crippen LogP contribution in [0.1, 0.15) is 32.3 Å². The van der Waals surface area contributed by atoms with Crippen LogP contribution in [0.5, 0.6) is 17.2 Å². The van der Waals surface area contributed by atoms with Crippen LogP contribution in [0.25, 0.3) is 6.08 Å². The molecule has 0 bridgehead atoms. The van der Waals surface area contributed by atoms with E-state index in [0.29, 0.717) is 45.4 Å². The predicted molar refractivity (Wildman–Crippen MR) is 132 cm³/mol. The highest BCUT2D eigenvalue weighted by molar-refractivity contribution is 8.14. The fraction of sp³-hybridized carbons (Fsp3) is 0.333. The van der Waals surface area contributed by atoms with Gasteiger partial charge < -0.3 is 14.2 Å². The Morgan fingerprint density at radius 1 is 1.06 bits per heavy atom. The molecule has 32 heavy (non-hydrogen) atoms. The van der Waals surface area contributed by atoms with Gasteiger partial charge in [0.1, 0.15) is 11.4 Å². The number of ether oxygens (including phenoxy) is 3. The molecule has 6 nitrogen and oxygen atoms in total. The molecule has 0 fully saturated rings. The van der Waals surface area contributed by atoms with E-state index in [-0.39, 0.29) is 5.91 Å². The molecule has 0 aliphatic carbocycles. The van der Waals surface area contributed by atoms with Crippen molar-refractivity contribution in [3.05, 3.63) is 52.7 Å². The van der Waals surface area contributed by atoms with E-state index >= 15 is 0 Å². The summed E-state index contributed by atoms with van der Waals surface area (Å²) in [5, 5.41) is 1.07. The maximum absolute atomic E-state index is 13.3. The lowest BCUT2D eigenvalue weighted by atomic mass is 10.1. The molecule has 0 aromatic heterocycles. The van der Waals surface area contributed by atoms with E-state index in [0.717, 1.165) is 24.2 Å². The number of amidine groups is 1. The van der Waals surface area contributed by atoms with Crippen LogP contribution in [0.2, 0.25) is 5.02 Å². The molecule has 1 aliphatic heterocycles. The molecule has 2 aromatic rings. The number of rotatable bonds is 9. The Hall–Kier alpha value is -2.64. The summed E-state index contributed by atoms with van der Waals surface area (Å²) in [6.45, 7) is 4.59. The lowest BCUT2D eigenvalue weighted by Crippen LogP contribution is -2.30. The quantitative estimate of drug-likeness (QED) is 0.328. The SMILES string of the molecule is CCCCSC1=N/C(=C\c2ccc(OCC)c(OC)c2)C(=O)N1c1ccc(OC)c(Cl)c1. The maximum atomic E-state index is 13.3. The summed E-state index contributed by atoms with van der Waals surface area (Å²) >= 11 is 7.88. The summed E-state index contributed by atoms with van der Waals surface area (Å²) in [6, 6.07) is 10.8.